The highest BCUT2D eigenvalue weighted by molar-refractivity contribution is 5.87. The molecular formula is C23H19N3O5. The number of fused-ring (bicyclic) bond motifs is 2. The molecule has 156 valence electrons. The Bertz CT molecular complexity index is 1260. The van der Waals surface area contributed by atoms with Crippen LogP contribution >= 0.6 is 0 Å². The first-order chi connectivity index (χ1) is 15.2. The van der Waals surface area contributed by atoms with Crippen LogP contribution in [0.2, 0.25) is 0 Å². The minimum Gasteiger partial charge on any atom is -0.490 e. The van der Waals surface area contributed by atoms with Crippen LogP contribution < -0.4 is 15.0 Å². The largest absolute Gasteiger partial charge is 0.490 e. The Balaban J connectivity index is 1.48. The van der Waals surface area contributed by atoms with Gasteiger partial charge in [0.2, 0.25) is 0 Å². The Morgan fingerprint density at radius 3 is 2.84 bits per heavy atom. The molecule has 0 spiro atoms. The second kappa shape index (κ2) is 9.13. The molecule has 1 aliphatic heterocycles. The molecule has 31 heavy (non-hydrogen) atoms. The SMILES string of the molecule is N#CCn1c(COC(=O)/C=C/c2ccc3c(c2)OCCCO3)nc2ccccc2c1=O. The van der Waals surface area contributed by atoms with E-state index in [1.807, 2.05) is 12.1 Å². The molecule has 0 bridgehead atoms. The van der Waals surface area contributed by atoms with Crippen LogP contribution in [0.15, 0.2) is 53.3 Å². The summed E-state index contributed by atoms with van der Waals surface area (Å²) < 4.78 is 17.7. The second-order valence-corrected chi connectivity index (χ2v) is 6.79. The minimum atomic E-state index is -0.599. The van der Waals surface area contributed by atoms with Crippen molar-refractivity contribution in [3.8, 4) is 17.6 Å². The molecule has 0 atom stereocenters. The second-order valence-electron chi connectivity index (χ2n) is 6.79. The van der Waals surface area contributed by atoms with Crippen LogP contribution in [0.1, 0.15) is 17.8 Å². The first-order valence-electron chi connectivity index (χ1n) is 9.75. The lowest BCUT2D eigenvalue weighted by Gasteiger charge is -2.10. The summed E-state index contributed by atoms with van der Waals surface area (Å²) in [5.74, 6) is 0.921. The van der Waals surface area contributed by atoms with Gasteiger partial charge in [-0.15, -0.1) is 0 Å². The standard InChI is InChI=1S/C23H19N3O5/c24-10-11-26-21(25-18-5-2-1-4-17(18)23(26)28)15-31-22(27)9-7-16-6-8-19-20(14-16)30-13-3-12-29-19/h1-2,4-9,14H,3,11-13,15H2/b9-7+. The summed E-state index contributed by atoms with van der Waals surface area (Å²) in [6.45, 7) is 0.766. The third-order valence-corrected chi connectivity index (χ3v) is 4.70. The molecule has 8 nitrogen and oxygen atoms in total. The maximum Gasteiger partial charge on any atom is 0.331 e. The molecule has 0 unspecified atom stereocenters. The van der Waals surface area contributed by atoms with E-state index in [0.717, 1.165) is 12.0 Å². The van der Waals surface area contributed by atoms with E-state index in [9.17, 15) is 9.59 Å². The van der Waals surface area contributed by atoms with Gasteiger partial charge in [0.1, 0.15) is 13.2 Å². The van der Waals surface area contributed by atoms with Gasteiger partial charge in [0.05, 0.1) is 30.2 Å². The fraction of sp³-hybridized carbons (Fsp3) is 0.217. The van der Waals surface area contributed by atoms with Crippen LogP contribution in [0, 0.1) is 11.3 Å². The molecule has 2 heterocycles. The lowest BCUT2D eigenvalue weighted by molar-refractivity contribution is -0.139. The molecule has 0 saturated carbocycles. The molecule has 0 radical (unpaired) electrons. The molecule has 0 amide bonds. The van der Waals surface area contributed by atoms with Gasteiger partial charge in [-0.25, -0.2) is 9.78 Å². The summed E-state index contributed by atoms with van der Waals surface area (Å²) in [6.07, 6.45) is 3.70. The number of nitriles is 1. The number of rotatable bonds is 5. The smallest absolute Gasteiger partial charge is 0.331 e. The van der Waals surface area contributed by atoms with Crippen molar-refractivity contribution in [2.45, 2.75) is 19.6 Å². The highest BCUT2D eigenvalue weighted by atomic mass is 16.5. The van der Waals surface area contributed by atoms with Crippen molar-refractivity contribution in [3.05, 3.63) is 70.3 Å². The number of carbonyl (C=O) groups excluding carboxylic acids is 1. The maximum absolute atomic E-state index is 12.6. The molecule has 0 fully saturated rings. The lowest BCUT2D eigenvalue weighted by Crippen LogP contribution is -2.26. The Morgan fingerprint density at radius 2 is 2.00 bits per heavy atom. The molecule has 8 heteroatoms. The number of nitrogens with zero attached hydrogens (tertiary/aromatic N) is 3. The Hall–Kier alpha value is -4.12. The van der Waals surface area contributed by atoms with Gasteiger partial charge in [-0.2, -0.15) is 5.26 Å². The predicted molar refractivity (Wildman–Crippen MR) is 112 cm³/mol. The number of carbonyl (C=O) groups is 1. The number of aromatic nitrogens is 2. The van der Waals surface area contributed by atoms with Crippen molar-refractivity contribution in [1.82, 2.24) is 9.55 Å². The average Bonchev–Trinajstić information content (AvgIpc) is 3.03. The molecule has 2 aromatic carbocycles. The van der Waals surface area contributed by atoms with Crippen LogP contribution in [0.5, 0.6) is 11.5 Å². The number of benzene rings is 2. The molecule has 1 aromatic heterocycles. The number of ether oxygens (including phenoxy) is 3. The zero-order valence-corrected chi connectivity index (χ0v) is 16.6. The van der Waals surface area contributed by atoms with E-state index in [0.29, 0.717) is 35.6 Å². The van der Waals surface area contributed by atoms with Gasteiger partial charge < -0.3 is 14.2 Å². The van der Waals surface area contributed by atoms with Gasteiger partial charge >= 0.3 is 5.97 Å². The number of hydrogen-bond donors (Lipinski definition) is 0. The van der Waals surface area contributed by atoms with Crippen LogP contribution in [-0.4, -0.2) is 28.7 Å². The fourth-order valence-electron chi connectivity index (χ4n) is 3.19. The van der Waals surface area contributed by atoms with E-state index in [1.165, 1.54) is 10.6 Å². The van der Waals surface area contributed by atoms with E-state index >= 15 is 0 Å². The first-order valence-corrected chi connectivity index (χ1v) is 9.75. The molecule has 0 N–H and O–H groups in total. The van der Waals surface area contributed by atoms with E-state index in [4.69, 9.17) is 19.5 Å². The molecule has 0 aliphatic carbocycles. The first kappa shape index (κ1) is 20.2. The number of esters is 1. The molecule has 1 aliphatic rings. The number of para-hydroxylation sites is 1. The van der Waals surface area contributed by atoms with E-state index in [2.05, 4.69) is 4.98 Å². The van der Waals surface area contributed by atoms with Crippen LogP contribution in [0.3, 0.4) is 0 Å². The zero-order chi connectivity index (χ0) is 21.6. The summed E-state index contributed by atoms with van der Waals surface area (Å²) in [5, 5.41) is 9.46. The van der Waals surface area contributed by atoms with Crippen molar-refractivity contribution < 1.29 is 19.0 Å². The fourth-order valence-corrected chi connectivity index (χ4v) is 3.19. The normalized spacial score (nSPS) is 13.0. The van der Waals surface area contributed by atoms with Crippen molar-refractivity contribution in [2.75, 3.05) is 13.2 Å². The minimum absolute atomic E-state index is 0.184. The highest BCUT2D eigenvalue weighted by Gasteiger charge is 2.13. The third-order valence-electron chi connectivity index (χ3n) is 4.70. The van der Waals surface area contributed by atoms with E-state index in [-0.39, 0.29) is 24.5 Å². The van der Waals surface area contributed by atoms with Gasteiger partial charge in [-0.1, -0.05) is 18.2 Å². The molecule has 4 rings (SSSR count). The average molecular weight is 417 g/mol. The van der Waals surface area contributed by atoms with Gasteiger partial charge in [0.15, 0.2) is 17.3 Å². The van der Waals surface area contributed by atoms with Crippen molar-refractivity contribution in [1.29, 1.82) is 5.26 Å². The van der Waals surface area contributed by atoms with Gasteiger partial charge in [0, 0.05) is 12.5 Å². The lowest BCUT2D eigenvalue weighted by atomic mass is 10.2. The molecule has 3 aromatic rings. The predicted octanol–water partition coefficient (Wildman–Crippen LogP) is 2.84. The van der Waals surface area contributed by atoms with Gasteiger partial charge in [-0.05, 0) is 35.9 Å². The van der Waals surface area contributed by atoms with Crippen LogP contribution in [0.4, 0.5) is 0 Å². The van der Waals surface area contributed by atoms with Crippen LogP contribution in [-0.2, 0) is 22.7 Å². The summed E-state index contributed by atoms with van der Waals surface area (Å²) in [4.78, 5) is 29.2. The maximum atomic E-state index is 12.6. The van der Waals surface area contributed by atoms with Crippen molar-refractivity contribution in [2.24, 2.45) is 0 Å². The third kappa shape index (κ3) is 4.56. The summed E-state index contributed by atoms with van der Waals surface area (Å²) in [7, 11) is 0. The Kier molecular flexibility index (Phi) is 5.94. The highest BCUT2D eigenvalue weighted by Crippen LogP contribution is 2.30. The Labute approximate surface area is 177 Å². The summed E-state index contributed by atoms with van der Waals surface area (Å²) >= 11 is 0. The topological polar surface area (TPSA) is 103 Å². The van der Waals surface area contributed by atoms with E-state index in [1.54, 1.807) is 42.5 Å². The summed E-state index contributed by atoms with van der Waals surface area (Å²) in [6, 6.07) is 14.2. The van der Waals surface area contributed by atoms with Gasteiger partial charge in [0.25, 0.3) is 5.56 Å². The van der Waals surface area contributed by atoms with Crippen molar-refractivity contribution in [3.63, 3.8) is 0 Å². The van der Waals surface area contributed by atoms with E-state index < -0.39 is 5.97 Å². The molecular weight excluding hydrogens is 398 g/mol. The summed E-state index contributed by atoms with van der Waals surface area (Å²) in [5.41, 5.74) is 0.892. The zero-order valence-electron chi connectivity index (χ0n) is 16.6. The Morgan fingerprint density at radius 1 is 1.19 bits per heavy atom. The van der Waals surface area contributed by atoms with Gasteiger partial charge in [-0.3, -0.25) is 9.36 Å². The monoisotopic (exact) mass is 417 g/mol. The quantitative estimate of drug-likeness (QED) is 0.464. The number of hydrogen-bond acceptors (Lipinski definition) is 7. The van der Waals surface area contributed by atoms with Crippen LogP contribution in [0.25, 0.3) is 17.0 Å². The molecule has 0 saturated heterocycles. The van der Waals surface area contributed by atoms with Crippen molar-refractivity contribution >= 4 is 22.9 Å².